The first-order valence-electron chi connectivity index (χ1n) is 17.1. The van der Waals surface area contributed by atoms with Gasteiger partial charge in [0.05, 0.1) is 37.9 Å². The Morgan fingerprint density at radius 3 is 1.25 bits per heavy atom. The molecule has 2 amide bonds. The molecule has 0 spiro atoms. The summed E-state index contributed by atoms with van der Waals surface area (Å²) in [5, 5.41) is 83.6. The number of benzene rings is 2. The molecule has 6 atom stereocenters. The number of rotatable bonds is 26. The number of aliphatic hydroxyl groups excluding tert-OH is 6. The Bertz CT molecular complexity index is 1270. The molecule has 18 heteroatoms. The topological polar surface area (TPSA) is 282 Å². The Morgan fingerprint density at radius 2 is 0.943 bits per heavy atom. The molecule has 53 heavy (non-hydrogen) atoms. The average Bonchev–Trinajstić information content (AvgIpc) is 3.12. The van der Waals surface area contributed by atoms with Crippen molar-refractivity contribution in [1.29, 1.82) is 0 Å². The van der Waals surface area contributed by atoms with Gasteiger partial charge in [0, 0.05) is 12.8 Å². The second kappa shape index (κ2) is 25.0. The molecule has 0 heterocycles. The Kier molecular flexibility index (Phi) is 21.3. The van der Waals surface area contributed by atoms with E-state index in [4.69, 9.17) is 18.9 Å². The molecule has 0 aliphatic rings. The molecule has 296 valence electrons. The summed E-state index contributed by atoms with van der Waals surface area (Å²) < 4.78 is 21.3. The summed E-state index contributed by atoms with van der Waals surface area (Å²) >= 11 is 0. The van der Waals surface area contributed by atoms with Crippen LogP contribution in [0.15, 0.2) is 58.7 Å². The van der Waals surface area contributed by atoms with Crippen LogP contribution >= 0.6 is 0 Å². The minimum Gasteiger partial charge on any atom is -0.459 e. The average molecular weight is 753 g/mol. The fourth-order valence-electron chi connectivity index (χ4n) is 4.38. The number of ether oxygens (including phenoxy) is 4. The first-order valence-corrected chi connectivity index (χ1v) is 17.1. The summed E-state index contributed by atoms with van der Waals surface area (Å²) in [6, 6.07) is 12.5. The molecular weight excluding hydrogens is 700 g/mol. The zero-order valence-electron chi connectivity index (χ0n) is 29.7. The van der Waals surface area contributed by atoms with Crippen LogP contribution in [-0.2, 0) is 19.1 Å². The van der Waals surface area contributed by atoms with Crippen LogP contribution in [0.5, 0.6) is 11.5 Å². The third-order valence-electron chi connectivity index (χ3n) is 7.42. The van der Waals surface area contributed by atoms with Crippen LogP contribution in [0.1, 0.15) is 69.9 Å². The van der Waals surface area contributed by atoms with E-state index < -0.39 is 62.8 Å². The summed E-state index contributed by atoms with van der Waals surface area (Å²) in [6.45, 7) is 1.66. The third kappa shape index (κ3) is 18.5. The number of unbranched alkanes of at least 4 members (excludes halogenated alkanes) is 4. The molecule has 6 unspecified atom stereocenters. The summed E-state index contributed by atoms with van der Waals surface area (Å²) in [4.78, 5) is 24.2. The standard InChI is InChI=1S/C35H52N4O14/c1-22(42)28(20-40)52-34(32(46)47)50-26-14-10-24(11-15-26)18-36-38-30(44)8-6-4-3-5-7-9-31(45)39-37-19-25-12-16-27(17-13-25)51-35(33(48)49)53-29(21-41)23(2)43/h10-19,22-23,28-29,32-35,40-43,46-49H,3-9,20-21H2,1-2H3,(H,38,44)(H,39,45)/b36-18+,37-19+. The molecule has 2 aromatic rings. The predicted molar refractivity (Wildman–Crippen MR) is 189 cm³/mol. The van der Waals surface area contributed by atoms with Crippen molar-refractivity contribution in [2.45, 2.75) is 108 Å². The number of aliphatic hydroxyl groups is 8. The highest BCUT2D eigenvalue weighted by Gasteiger charge is 2.27. The molecule has 0 saturated heterocycles. The van der Waals surface area contributed by atoms with Crippen molar-refractivity contribution in [2.24, 2.45) is 10.2 Å². The largest absolute Gasteiger partial charge is 0.459 e. The van der Waals surface area contributed by atoms with E-state index in [1.165, 1.54) is 50.5 Å². The van der Waals surface area contributed by atoms with Gasteiger partial charge >= 0.3 is 0 Å². The van der Waals surface area contributed by atoms with Crippen molar-refractivity contribution in [2.75, 3.05) is 13.2 Å². The van der Waals surface area contributed by atoms with Crippen LogP contribution in [-0.4, -0.2) is 128 Å². The van der Waals surface area contributed by atoms with Crippen LogP contribution in [0.2, 0.25) is 0 Å². The van der Waals surface area contributed by atoms with Crippen molar-refractivity contribution in [3.63, 3.8) is 0 Å². The first kappa shape index (κ1) is 45.1. The van der Waals surface area contributed by atoms with Gasteiger partial charge in [0.25, 0.3) is 12.6 Å². The number of hydrazone groups is 2. The lowest BCUT2D eigenvalue weighted by molar-refractivity contribution is -0.250. The quantitative estimate of drug-likeness (QED) is 0.0253. The fraction of sp³-hybridized carbons (Fsp3) is 0.543. The molecular formula is C35H52N4O14. The van der Waals surface area contributed by atoms with Crippen molar-refractivity contribution in [3.8, 4) is 11.5 Å². The van der Waals surface area contributed by atoms with Crippen molar-refractivity contribution in [3.05, 3.63) is 59.7 Å². The van der Waals surface area contributed by atoms with Crippen molar-refractivity contribution < 1.29 is 69.4 Å². The van der Waals surface area contributed by atoms with Gasteiger partial charge in [-0.05, 0) is 86.3 Å². The number of hydrogen-bond donors (Lipinski definition) is 10. The van der Waals surface area contributed by atoms with E-state index >= 15 is 0 Å². The number of nitrogens with zero attached hydrogens (tertiary/aromatic N) is 2. The van der Waals surface area contributed by atoms with Gasteiger partial charge in [-0.2, -0.15) is 10.2 Å². The molecule has 10 N–H and O–H groups in total. The van der Waals surface area contributed by atoms with Crippen LogP contribution < -0.4 is 20.3 Å². The number of nitrogens with one attached hydrogen (secondary N) is 2. The Labute approximate surface area is 307 Å². The van der Waals surface area contributed by atoms with Gasteiger partial charge in [-0.15, -0.1) is 0 Å². The van der Waals surface area contributed by atoms with E-state index in [2.05, 4.69) is 21.1 Å². The van der Waals surface area contributed by atoms with Gasteiger partial charge in [0.1, 0.15) is 23.7 Å². The maximum atomic E-state index is 12.1. The summed E-state index contributed by atoms with van der Waals surface area (Å²) in [7, 11) is 0. The second-order valence-corrected chi connectivity index (χ2v) is 12.0. The number of carbonyl (C=O) groups is 2. The minimum absolute atomic E-state index is 0.228. The Hall–Kier alpha value is -4.08. The van der Waals surface area contributed by atoms with Gasteiger partial charge < -0.3 is 59.8 Å². The molecule has 0 aliphatic carbocycles. The normalized spacial score (nSPS) is 15.3. The van der Waals surface area contributed by atoms with Crippen molar-refractivity contribution in [1.82, 2.24) is 10.9 Å². The van der Waals surface area contributed by atoms with E-state index in [1.807, 2.05) is 0 Å². The lowest BCUT2D eigenvalue weighted by Gasteiger charge is -2.26. The van der Waals surface area contributed by atoms with E-state index in [1.54, 1.807) is 24.3 Å². The summed E-state index contributed by atoms with van der Waals surface area (Å²) in [5.41, 5.74) is 6.17. The number of amides is 2. The SMILES string of the molecule is CC(O)C(CO)OC(Oc1ccc(/C=N/NC(=O)CCCCCCCC(=O)N/N=C/c2ccc(OC(OC(CO)C(C)O)C(O)O)cc2)cc1)C(O)O. The van der Waals surface area contributed by atoms with Gasteiger partial charge in [-0.25, -0.2) is 10.9 Å². The van der Waals surface area contributed by atoms with E-state index in [9.17, 15) is 50.4 Å². The highest BCUT2D eigenvalue weighted by molar-refractivity contribution is 5.83. The molecule has 0 aromatic heterocycles. The van der Waals surface area contributed by atoms with Crippen LogP contribution in [0.3, 0.4) is 0 Å². The van der Waals surface area contributed by atoms with Crippen molar-refractivity contribution >= 4 is 24.2 Å². The van der Waals surface area contributed by atoms with Crippen LogP contribution in [0.4, 0.5) is 0 Å². The van der Waals surface area contributed by atoms with Gasteiger partial charge in [0.2, 0.25) is 24.4 Å². The van der Waals surface area contributed by atoms with Gasteiger partial charge in [-0.3, -0.25) is 9.59 Å². The van der Waals surface area contributed by atoms with E-state index in [0.29, 0.717) is 24.0 Å². The minimum atomic E-state index is -2.03. The maximum Gasteiger partial charge on any atom is 0.251 e. The third-order valence-corrected chi connectivity index (χ3v) is 7.42. The zero-order chi connectivity index (χ0) is 39.2. The maximum absolute atomic E-state index is 12.1. The number of carbonyl (C=O) groups excluding carboxylic acids is 2. The lowest BCUT2D eigenvalue weighted by Crippen LogP contribution is -2.42. The second-order valence-electron chi connectivity index (χ2n) is 12.0. The predicted octanol–water partition coefficient (Wildman–Crippen LogP) is -0.434. The van der Waals surface area contributed by atoms with Crippen LogP contribution in [0, 0.1) is 0 Å². The molecule has 2 aromatic carbocycles. The van der Waals surface area contributed by atoms with E-state index in [0.717, 1.165) is 19.3 Å². The lowest BCUT2D eigenvalue weighted by atomic mass is 10.1. The molecule has 2 rings (SSSR count). The molecule has 0 saturated carbocycles. The zero-order valence-corrected chi connectivity index (χ0v) is 29.7. The Balaban J connectivity index is 1.60. The number of hydrogen-bond acceptors (Lipinski definition) is 16. The monoisotopic (exact) mass is 752 g/mol. The van der Waals surface area contributed by atoms with Gasteiger partial charge in [0.15, 0.2) is 0 Å². The highest BCUT2D eigenvalue weighted by Crippen LogP contribution is 2.18. The van der Waals surface area contributed by atoms with E-state index in [-0.39, 0.29) is 36.2 Å². The molecule has 0 bridgehead atoms. The molecule has 0 fully saturated rings. The molecule has 0 radical (unpaired) electrons. The summed E-state index contributed by atoms with van der Waals surface area (Å²) in [6.07, 6.45) is -4.28. The van der Waals surface area contributed by atoms with Gasteiger partial charge in [-0.1, -0.05) is 19.3 Å². The first-order chi connectivity index (χ1) is 25.3. The summed E-state index contributed by atoms with van der Waals surface area (Å²) in [5.74, 6) is -0.0442. The molecule has 18 nitrogen and oxygen atoms in total. The Morgan fingerprint density at radius 1 is 0.604 bits per heavy atom. The highest BCUT2D eigenvalue weighted by atomic mass is 16.7. The molecule has 0 aliphatic heterocycles. The fourth-order valence-corrected chi connectivity index (χ4v) is 4.38. The smallest absolute Gasteiger partial charge is 0.251 e. The van der Waals surface area contributed by atoms with Crippen LogP contribution in [0.25, 0.3) is 0 Å².